The molecule has 0 atom stereocenters. The minimum Gasteiger partial charge on any atom is -0.206 e. The zero-order valence-electron chi connectivity index (χ0n) is 23.3. The van der Waals surface area contributed by atoms with E-state index in [1.165, 1.54) is 42.5 Å². The molecule has 0 saturated carbocycles. The fraction of sp³-hybridized carbons (Fsp3) is 0.333. The summed E-state index contributed by atoms with van der Waals surface area (Å²) >= 11 is 0. The van der Waals surface area contributed by atoms with Crippen LogP contribution in [0.2, 0.25) is 0 Å². The molecule has 0 aliphatic rings. The SMILES string of the molecule is O=S(=O)(OS(Cc1ccccc1)(c1ccccc1)c1ccccc1)C(F)(F)C(F)(F)C(F)(F)C(F)(F)C(F)(F)C(F)(F)C(F)(F)C(F)(F)F. The van der Waals surface area contributed by atoms with E-state index in [0.29, 0.717) is 0 Å². The largest absolute Gasteiger partial charge is 0.460 e. The molecule has 0 aliphatic heterocycles. The Bertz CT molecular complexity index is 1660. The highest BCUT2D eigenvalue weighted by molar-refractivity contribution is 8.32. The fourth-order valence-electron chi connectivity index (χ4n) is 4.00. The van der Waals surface area contributed by atoms with Crippen LogP contribution in [-0.4, -0.2) is 55.4 Å². The van der Waals surface area contributed by atoms with E-state index < -0.39 is 82.9 Å². The molecule has 3 rings (SSSR count). The van der Waals surface area contributed by atoms with Gasteiger partial charge in [0.1, 0.15) is 0 Å². The Morgan fingerprint density at radius 1 is 0.429 bits per heavy atom. The Morgan fingerprint density at radius 3 is 1.08 bits per heavy atom. The summed E-state index contributed by atoms with van der Waals surface area (Å²) in [5.74, 6) is -53.2. The first-order valence-corrected chi connectivity index (χ1v) is 15.8. The molecule has 0 fully saturated rings. The van der Waals surface area contributed by atoms with Crippen molar-refractivity contribution in [1.82, 2.24) is 0 Å². The van der Waals surface area contributed by atoms with E-state index in [9.17, 15) is 74.3 Å². The third-order valence-corrected chi connectivity index (χ3v) is 12.0. The van der Waals surface area contributed by atoms with Crippen molar-refractivity contribution < 1.29 is 86.7 Å². The maximum atomic E-state index is 15.2. The summed E-state index contributed by atoms with van der Waals surface area (Å²) in [4.78, 5) is -0.879. The zero-order chi connectivity index (χ0) is 37.8. The van der Waals surface area contributed by atoms with Crippen LogP contribution in [0.1, 0.15) is 5.56 Å². The molecule has 22 heteroatoms. The summed E-state index contributed by atoms with van der Waals surface area (Å²) in [5, 5.41) is -7.83. The molecule has 0 N–H and O–H groups in total. The van der Waals surface area contributed by atoms with Gasteiger partial charge in [-0.1, -0.05) is 77.0 Å². The summed E-state index contributed by atoms with van der Waals surface area (Å²) in [6.07, 6.45) is -7.92. The molecule has 0 amide bonds. The zero-order valence-corrected chi connectivity index (χ0v) is 25.0. The standard InChI is InChI=1S/C27H17F17O3S2/c28-20(29,22(32,33)24(36,37)26(40,41)42)21(30,31)23(34,35)25(38,39)27(43,44)49(45,46)47-48(18-12-6-2-7-13-18,19-14-8-3-9-15-19)16-17-10-4-1-5-11-17/h1-15H,16H2. The van der Waals surface area contributed by atoms with Crippen molar-refractivity contribution >= 4 is 20.4 Å². The van der Waals surface area contributed by atoms with Gasteiger partial charge in [0.2, 0.25) is 0 Å². The average Bonchev–Trinajstić information content (AvgIpc) is 3.00. The predicted octanol–water partition coefficient (Wildman–Crippen LogP) is 10.3. The van der Waals surface area contributed by atoms with Gasteiger partial charge in [-0.15, -0.1) is 0 Å². The van der Waals surface area contributed by atoms with E-state index in [1.807, 2.05) is 0 Å². The monoisotopic (exact) mass is 776 g/mol. The Labute approximate surface area is 266 Å². The molecule has 0 aromatic heterocycles. The predicted molar refractivity (Wildman–Crippen MR) is 138 cm³/mol. The quantitative estimate of drug-likeness (QED) is 0.162. The van der Waals surface area contributed by atoms with E-state index in [2.05, 4.69) is 3.63 Å². The Balaban J connectivity index is 2.26. The lowest BCUT2D eigenvalue weighted by molar-refractivity contribution is -0.458. The van der Waals surface area contributed by atoms with Crippen LogP contribution in [0.15, 0.2) is 101 Å². The van der Waals surface area contributed by atoms with Gasteiger partial charge in [0, 0.05) is 15.5 Å². The van der Waals surface area contributed by atoms with Crippen LogP contribution >= 0.6 is 10.3 Å². The van der Waals surface area contributed by atoms with Crippen LogP contribution < -0.4 is 0 Å². The van der Waals surface area contributed by atoms with Crippen LogP contribution in [0.5, 0.6) is 0 Å². The smallest absolute Gasteiger partial charge is 0.206 e. The van der Waals surface area contributed by atoms with Gasteiger partial charge in [-0.3, -0.25) is 0 Å². The van der Waals surface area contributed by atoms with Crippen LogP contribution in [0.25, 0.3) is 0 Å². The van der Waals surface area contributed by atoms with Crippen LogP contribution in [0, 0.1) is 0 Å². The van der Waals surface area contributed by atoms with Crippen LogP contribution in [-0.2, 0) is 19.5 Å². The summed E-state index contributed by atoms with van der Waals surface area (Å²) in [6, 6.07) is 17.4. The topological polar surface area (TPSA) is 43.4 Å². The summed E-state index contributed by atoms with van der Waals surface area (Å²) in [6.45, 7) is 0. The minimum absolute atomic E-state index is 0.0141. The lowest BCUT2D eigenvalue weighted by atomic mass is 9.91. The summed E-state index contributed by atoms with van der Waals surface area (Å²) < 4.78 is 266. The maximum absolute atomic E-state index is 15.2. The second kappa shape index (κ2) is 12.5. The highest BCUT2D eigenvalue weighted by Gasteiger charge is 2.96. The van der Waals surface area contributed by atoms with Crippen molar-refractivity contribution in [3.05, 3.63) is 96.6 Å². The van der Waals surface area contributed by atoms with Crippen molar-refractivity contribution in [3.8, 4) is 0 Å². The Hall–Kier alpha value is -3.27. The molecule has 0 heterocycles. The van der Waals surface area contributed by atoms with E-state index in [-0.39, 0.29) is 5.56 Å². The lowest BCUT2D eigenvalue weighted by Crippen LogP contribution is -2.75. The second-order valence-electron chi connectivity index (χ2n) is 9.91. The average molecular weight is 777 g/mol. The summed E-state index contributed by atoms with van der Waals surface area (Å²) in [7, 11) is -12.2. The van der Waals surface area contributed by atoms with Gasteiger partial charge in [0.05, 0.1) is 0 Å². The first-order chi connectivity index (χ1) is 22.0. The number of hydrogen-bond acceptors (Lipinski definition) is 3. The highest BCUT2D eigenvalue weighted by Crippen LogP contribution is 2.69. The number of benzene rings is 3. The maximum Gasteiger partial charge on any atom is 0.460 e. The molecule has 3 aromatic rings. The molecule has 0 aliphatic carbocycles. The van der Waals surface area contributed by atoms with Crippen LogP contribution in [0.4, 0.5) is 74.6 Å². The first kappa shape index (κ1) is 40.2. The normalized spacial score (nSPS) is 15.3. The molecule has 49 heavy (non-hydrogen) atoms. The van der Waals surface area contributed by atoms with Gasteiger partial charge < -0.3 is 0 Å². The molecular weight excluding hydrogens is 759 g/mol. The number of hydrogen-bond donors (Lipinski definition) is 0. The molecule has 3 nitrogen and oxygen atoms in total. The lowest BCUT2D eigenvalue weighted by Gasteiger charge is -2.43. The molecule has 0 bridgehead atoms. The number of halogens is 17. The molecule has 274 valence electrons. The van der Waals surface area contributed by atoms with Gasteiger partial charge in [-0.25, -0.2) is 3.63 Å². The van der Waals surface area contributed by atoms with Gasteiger partial charge in [-0.05, 0) is 29.8 Å². The molecular formula is C27H17F17O3S2. The van der Waals surface area contributed by atoms with E-state index in [1.54, 1.807) is 0 Å². The molecule has 0 spiro atoms. The van der Waals surface area contributed by atoms with Crippen molar-refractivity contribution in [3.63, 3.8) is 0 Å². The third kappa shape index (κ3) is 6.10. The van der Waals surface area contributed by atoms with Crippen LogP contribution in [0.3, 0.4) is 0 Å². The highest BCUT2D eigenvalue weighted by atomic mass is 32.3. The van der Waals surface area contributed by atoms with Gasteiger partial charge in [0.25, 0.3) is 0 Å². The van der Waals surface area contributed by atoms with Crippen molar-refractivity contribution in [2.75, 3.05) is 0 Å². The molecule has 0 radical (unpaired) electrons. The second-order valence-corrected chi connectivity index (χ2v) is 14.5. The van der Waals surface area contributed by atoms with Gasteiger partial charge >= 0.3 is 57.1 Å². The van der Waals surface area contributed by atoms with Crippen molar-refractivity contribution in [1.29, 1.82) is 0 Å². The minimum atomic E-state index is -8.95. The van der Waals surface area contributed by atoms with Gasteiger partial charge in [-0.2, -0.15) is 83.1 Å². The van der Waals surface area contributed by atoms with Crippen molar-refractivity contribution in [2.45, 2.75) is 62.5 Å². The summed E-state index contributed by atoms with van der Waals surface area (Å²) in [5.41, 5.74) is -0.0141. The first-order valence-electron chi connectivity index (χ1n) is 12.6. The Kier molecular flexibility index (Phi) is 10.2. The molecule has 0 unspecified atom stereocenters. The van der Waals surface area contributed by atoms with E-state index in [0.717, 1.165) is 48.5 Å². The number of rotatable bonds is 13. The fourth-order valence-corrected chi connectivity index (χ4v) is 9.29. The van der Waals surface area contributed by atoms with Crippen molar-refractivity contribution in [2.24, 2.45) is 0 Å². The third-order valence-electron chi connectivity index (χ3n) is 6.67. The molecule has 0 saturated heterocycles. The van der Waals surface area contributed by atoms with Gasteiger partial charge in [0.15, 0.2) is 0 Å². The van der Waals surface area contributed by atoms with E-state index in [4.69, 9.17) is 0 Å². The van der Waals surface area contributed by atoms with E-state index >= 15 is 8.78 Å². The molecule has 3 aromatic carbocycles. The Morgan fingerprint density at radius 2 is 0.735 bits per heavy atom. The number of alkyl halides is 17.